The van der Waals surface area contributed by atoms with Gasteiger partial charge in [-0.1, -0.05) is 41.0 Å². The SMILES string of the molecule is C[C@H](Sc1nnc(-c2ccc(F)cc2)n1C[C@@H]1CCCO1)C(=O)Nc1cccc(Cl)c1Cl. The Kier molecular flexibility index (Phi) is 7.35. The number of nitrogens with one attached hydrogen (secondary N) is 1. The summed E-state index contributed by atoms with van der Waals surface area (Å²) in [5, 5.41) is 12.2. The monoisotopic (exact) mass is 494 g/mol. The molecule has 1 amide bonds. The van der Waals surface area contributed by atoms with Gasteiger partial charge in [-0.3, -0.25) is 9.36 Å². The molecule has 0 bridgehead atoms. The smallest absolute Gasteiger partial charge is 0.237 e. The summed E-state index contributed by atoms with van der Waals surface area (Å²) in [6.45, 7) is 3.05. The first-order valence-corrected chi connectivity index (χ1v) is 11.8. The van der Waals surface area contributed by atoms with Crippen LogP contribution in [-0.4, -0.2) is 38.6 Å². The number of aromatic nitrogens is 3. The summed E-state index contributed by atoms with van der Waals surface area (Å²) in [7, 11) is 0. The fourth-order valence-corrected chi connectivity index (χ4v) is 4.60. The molecule has 0 saturated carbocycles. The van der Waals surface area contributed by atoms with Crippen LogP contribution in [0.25, 0.3) is 11.4 Å². The third-order valence-electron chi connectivity index (χ3n) is 5.09. The first kappa shape index (κ1) is 23.0. The van der Waals surface area contributed by atoms with Crippen LogP contribution >= 0.6 is 35.0 Å². The van der Waals surface area contributed by atoms with E-state index in [0.29, 0.717) is 33.3 Å². The number of halogens is 3. The van der Waals surface area contributed by atoms with Crippen molar-refractivity contribution in [1.29, 1.82) is 0 Å². The Morgan fingerprint density at radius 2 is 2.06 bits per heavy atom. The Hall–Kier alpha value is -2.13. The van der Waals surface area contributed by atoms with Crippen LogP contribution in [0.3, 0.4) is 0 Å². The molecule has 2 heterocycles. The van der Waals surface area contributed by atoms with Crippen LogP contribution in [0.2, 0.25) is 10.0 Å². The van der Waals surface area contributed by atoms with Crippen LogP contribution in [0.5, 0.6) is 0 Å². The maximum atomic E-state index is 13.4. The molecular formula is C22H21Cl2FN4O2S. The molecule has 32 heavy (non-hydrogen) atoms. The molecule has 2 aromatic carbocycles. The standard InChI is InChI=1S/C22H21Cl2FN4O2S/c1-13(21(30)26-18-6-2-5-17(23)19(18)24)32-22-28-27-20(14-7-9-15(25)10-8-14)29(22)12-16-4-3-11-31-16/h2,5-10,13,16H,3-4,11-12H2,1H3,(H,26,30)/t13-,16-/m0/s1. The minimum atomic E-state index is -0.487. The van der Waals surface area contributed by atoms with Gasteiger partial charge in [-0.25, -0.2) is 4.39 Å². The van der Waals surface area contributed by atoms with Crippen molar-refractivity contribution in [2.75, 3.05) is 11.9 Å². The topological polar surface area (TPSA) is 69.0 Å². The van der Waals surface area contributed by atoms with Crippen LogP contribution in [0.1, 0.15) is 19.8 Å². The van der Waals surface area contributed by atoms with Gasteiger partial charge in [0.15, 0.2) is 11.0 Å². The number of carbonyl (C=O) groups is 1. The summed E-state index contributed by atoms with van der Waals surface area (Å²) < 4.78 is 21.1. The summed E-state index contributed by atoms with van der Waals surface area (Å²) in [6, 6.07) is 11.2. The minimum absolute atomic E-state index is 0.0407. The molecular weight excluding hydrogens is 474 g/mol. The van der Waals surface area contributed by atoms with E-state index in [0.717, 1.165) is 25.0 Å². The van der Waals surface area contributed by atoms with Crippen molar-refractivity contribution in [3.05, 3.63) is 58.3 Å². The van der Waals surface area contributed by atoms with E-state index in [9.17, 15) is 9.18 Å². The van der Waals surface area contributed by atoms with Gasteiger partial charge in [0.2, 0.25) is 5.91 Å². The second-order valence-corrected chi connectivity index (χ2v) is 9.50. The summed E-state index contributed by atoms with van der Waals surface area (Å²) in [4.78, 5) is 12.8. The molecule has 0 aliphatic carbocycles. The van der Waals surface area contributed by atoms with E-state index < -0.39 is 5.25 Å². The van der Waals surface area contributed by atoms with Gasteiger partial charge >= 0.3 is 0 Å². The lowest BCUT2D eigenvalue weighted by Crippen LogP contribution is -2.24. The highest BCUT2D eigenvalue weighted by atomic mass is 35.5. The Morgan fingerprint density at radius 3 is 2.78 bits per heavy atom. The molecule has 10 heteroatoms. The van der Waals surface area contributed by atoms with Gasteiger partial charge in [0.25, 0.3) is 0 Å². The first-order chi connectivity index (χ1) is 15.4. The average molecular weight is 495 g/mol. The van der Waals surface area contributed by atoms with Gasteiger partial charge in [0.1, 0.15) is 5.82 Å². The number of nitrogens with zero attached hydrogens (tertiary/aromatic N) is 3. The van der Waals surface area contributed by atoms with Crippen LogP contribution in [-0.2, 0) is 16.1 Å². The second-order valence-electron chi connectivity index (χ2n) is 7.41. The van der Waals surface area contributed by atoms with E-state index in [1.807, 2.05) is 4.57 Å². The Balaban J connectivity index is 1.55. The van der Waals surface area contributed by atoms with Crippen molar-refractivity contribution in [3.8, 4) is 11.4 Å². The molecule has 6 nitrogen and oxygen atoms in total. The number of thioether (sulfide) groups is 1. The maximum Gasteiger partial charge on any atom is 0.237 e. The van der Waals surface area contributed by atoms with E-state index in [2.05, 4.69) is 15.5 Å². The molecule has 0 unspecified atom stereocenters. The van der Waals surface area contributed by atoms with Crippen molar-refractivity contribution in [2.45, 2.75) is 42.8 Å². The fourth-order valence-electron chi connectivity index (χ4n) is 3.39. The van der Waals surface area contributed by atoms with E-state index >= 15 is 0 Å². The highest BCUT2D eigenvalue weighted by Gasteiger charge is 2.25. The molecule has 1 fully saturated rings. The number of ether oxygens (including phenoxy) is 1. The molecule has 1 aliphatic heterocycles. The van der Waals surface area contributed by atoms with E-state index in [-0.39, 0.29) is 17.8 Å². The number of hydrogen-bond donors (Lipinski definition) is 1. The largest absolute Gasteiger partial charge is 0.376 e. The molecule has 0 spiro atoms. The number of hydrogen-bond acceptors (Lipinski definition) is 5. The van der Waals surface area contributed by atoms with E-state index in [4.69, 9.17) is 27.9 Å². The van der Waals surface area contributed by atoms with Crippen LogP contribution in [0.4, 0.5) is 10.1 Å². The highest BCUT2D eigenvalue weighted by molar-refractivity contribution is 8.00. The number of carbonyl (C=O) groups excluding carboxylic acids is 1. The molecule has 3 aromatic rings. The van der Waals surface area contributed by atoms with Crippen molar-refractivity contribution in [1.82, 2.24) is 14.8 Å². The Labute approximate surface area is 199 Å². The normalized spacial score (nSPS) is 16.8. The number of amides is 1. The van der Waals surface area contributed by atoms with Crippen LogP contribution < -0.4 is 5.32 Å². The zero-order valence-electron chi connectivity index (χ0n) is 17.2. The molecule has 1 aliphatic rings. The zero-order valence-corrected chi connectivity index (χ0v) is 19.6. The van der Waals surface area contributed by atoms with E-state index in [1.54, 1.807) is 37.3 Å². The predicted molar refractivity (Wildman–Crippen MR) is 125 cm³/mol. The highest BCUT2D eigenvalue weighted by Crippen LogP contribution is 2.32. The fraction of sp³-hybridized carbons (Fsp3) is 0.318. The summed E-state index contributed by atoms with van der Waals surface area (Å²) in [5.74, 6) is 0.0427. The quantitative estimate of drug-likeness (QED) is 0.427. The number of anilines is 1. The Bertz CT molecular complexity index is 1100. The molecule has 2 atom stereocenters. The third-order valence-corrected chi connectivity index (χ3v) is 6.99. The lowest BCUT2D eigenvalue weighted by Gasteiger charge is -2.17. The van der Waals surface area contributed by atoms with Gasteiger partial charge in [0, 0.05) is 12.2 Å². The van der Waals surface area contributed by atoms with Crippen molar-refractivity contribution in [3.63, 3.8) is 0 Å². The van der Waals surface area contributed by atoms with Gasteiger partial charge < -0.3 is 10.1 Å². The van der Waals surface area contributed by atoms with E-state index in [1.165, 1.54) is 23.9 Å². The third kappa shape index (κ3) is 5.26. The lowest BCUT2D eigenvalue weighted by atomic mass is 10.2. The zero-order chi connectivity index (χ0) is 22.7. The number of benzene rings is 2. The predicted octanol–water partition coefficient (Wildman–Crippen LogP) is 5.69. The average Bonchev–Trinajstić information content (AvgIpc) is 3.43. The van der Waals surface area contributed by atoms with Gasteiger partial charge in [-0.05, 0) is 56.2 Å². The molecule has 1 N–H and O–H groups in total. The van der Waals surface area contributed by atoms with Gasteiger partial charge in [0.05, 0.1) is 33.6 Å². The molecule has 1 aromatic heterocycles. The molecule has 1 saturated heterocycles. The number of rotatable bonds is 7. The van der Waals surface area contributed by atoms with Crippen LogP contribution in [0, 0.1) is 5.82 Å². The summed E-state index contributed by atoms with van der Waals surface area (Å²) in [6.07, 6.45) is 1.98. The molecule has 168 valence electrons. The lowest BCUT2D eigenvalue weighted by molar-refractivity contribution is -0.115. The first-order valence-electron chi connectivity index (χ1n) is 10.1. The van der Waals surface area contributed by atoms with Gasteiger partial charge in [-0.15, -0.1) is 10.2 Å². The maximum absolute atomic E-state index is 13.4. The summed E-state index contributed by atoms with van der Waals surface area (Å²) >= 11 is 13.5. The second kappa shape index (κ2) is 10.2. The van der Waals surface area contributed by atoms with Gasteiger partial charge in [-0.2, -0.15) is 0 Å². The Morgan fingerprint density at radius 1 is 1.28 bits per heavy atom. The van der Waals surface area contributed by atoms with Crippen molar-refractivity contribution >= 4 is 46.6 Å². The molecule has 0 radical (unpaired) electrons. The minimum Gasteiger partial charge on any atom is -0.376 e. The van der Waals surface area contributed by atoms with Crippen molar-refractivity contribution < 1.29 is 13.9 Å². The van der Waals surface area contributed by atoms with Crippen LogP contribution in [0.15, 0.2) is 47.6 Å². The summed E-state index contributed by atoms with van der Waals surface area (Å²) in [5.41, 5.74) is 1.19. The molecule has 4 rings (SSSR count). The van der Waals surface area contributed by atoms with Crippen molar-refractivity contribution in [2.24, 2.45) is 0 Å².